The van der Waals surface area contributed by atoms with Crippen LogP contribution in [0.2, 0.25) is 0 Å². The summed E-state index contributed by atoms with van der Waals surface area (Å²) in [6.45, 7) is 3.49. The van der Waals surface area contributed by atoms with E-state index in [1.165, 1.54) is 29.3 Å². The Hall–Kier alpha value is -1.58. The number of nitrogens with one attached hydrogen (secondary N) is 1. The summed E-state index contributed by atoms with van der Waals surface area (Å²) in [7, 11) is -3.26. The van der Waals surface area contributed by atoms with Crippen LogP contribution in [0.1, 0.15) is 69.0 Å². The number of rotatable bonds is 10. The van der Waals surface area contributed by atoms with Gasteiger partial charge in [0.25, 0.3) is 0 Å². The first-order valence-electron chi connectivity index (χ1n) is 11.5. The van der Waals surface area contributed by atoms with Gasteiger partial charge in [0.1, 0.15) is 15.9 Å². The zero-order valence-electron chi connectivity index (χ0n) is 18.3. The van der Waals surface area contributed by atoms with Crippen LogP contribution in [0.15, 0.2) is 11.5 Å². The molecule has 7 nitrogen and oxygen atoms in total. The zero-order valence-corrected chi connectivity index (χ0v) is 19.9. The predicted octanol–water partition coefficient (Wildman–Crippen LogP) is 3.91. The predicted molar refractivity (Wildman–Crippen MR) is 128 cm³/mol. The van der Waals surface area contributed by atoms with E-state index in [0.717, 1.165) is 74.9 Å². The molecule has 9 heteroatoms. The third-order valence-corrected chi connectivity index (χ3v) is 9.57. The van der Waals surface area contributed by atoms with Gasteiger partial charge < -0.3 is 10.3 Å². The van der Waals surface area contributed by atoms with Crippen LogP contribution in [0.5, 0.6) is 0 Å². The summed E-state index contributed by atoms with van der Waals surface area (Å²) >= 11 is 1.38. The number of nitrogen functional groups attached to an aromatic ring is 1. The number of aryl methyl sites for hydroxylation is 4. The van der Waals surface area contributed by atoms with E-state index in [4.69, 9.17) is 10.7 Å². The highest BCUT2D eigenvalue weighted by Crippen LogP contribution is 2.32. The smallest absolute Gasteiger partial charge is 0.224 e. The van der Waals surface area contributed by atoms with Crippen molar-refractivity contribution in [2.75, 3.05) is 12.3 Å². The number of imidazole rings is 1. The molecule has 0 aromatic carbocycles. The van der Waals surface area contributed by atoms with E-state index in [-0.39, 0.29) is 4.58 Å². The highest BCUT2D eigenvalue weighted by Gasteiger charge is 2.26. The number of allylic oxidation sites excluding steroid dienone is 1. The Labute approximate surface area is 189 Å². The first-order chi connectivity index (χ1) is 15.0. The second-order valence-electron chi connectivity index (χ2n) is 8.43. The second kappa shape index (κ2) is 9.92. The van der Waals surface area contributed by atoms with Gasteiger partial charge in [0.15, 0.2) is 5.82 Å². The lowest BCUT2D eigenvalue weighted by atomic mass is 9.95. The van der Waals surface area contributed by atoms with Crippen LogP contribution >= 0.6 is 11.8 Å². The van der Waals surface area contributed by atoms with Crippen molar-refractivity contribution in [3.05, 3.63) is 28.6 Å². The Morgan fingerprint density at radius 2 is 2.06 bits per heavy atom. The molecular formula is C22H33N5O2S2. The van der Waals surface area contributed by atoms with Gasteiger partial charge in [0, 0.05) is 25.2 Å². The monoisotopic (exact) mass is 463 g/mol. The fraction of sp³-hybridized carbons (Fsp3) is 0.636. The van der Waals surface area contributed by atoms with Gasteiger partial charge in [-0.05, 0) is 62.3 Å². The lowest BCUT2D eigenvalue weighted by Crippen LogP contribution is -2.32. The molecule has 31 heavy (non-hydrogen) atoms. The first kappa shape index (κ1) is 22.6. The molecular weight excluding hydrogens is 430 g/mol. The molecule has 0 spiro atoms. The van der Waals surface area contributed by atoms with Crippen molar-refractivity contribution in [1.82, 2.24) is 19.3 Å². The maximum absolute atomic E-state index is 12.4. The van der Waals surface area contributed by atoms with Gasteiger partial charge in [-0.25, -0.2) is 23.1 Å². The number of nitrogens with zero attached hydrogens (tertiary/aromatic N) is 3. The van der Waals surface area contributed by atoms with Gasteiger partial charge in [0.2, 0.25) is 10.0 Å². The van der Waals surface area contributed by atoms with Gasteiger partial charge in [0.05, 0.1) is 5.52 Å². The third-order valence-electron chi connectivity index (χ3n) is 6.14. The van der Waals surface area contributed by atoms with E-state index in [9.17, 15) is 8.42 Å². The number of unbranched alkanes of at least 4 members (excludes halogenated alkanes) is 2. The highest BCUT2D eigenvalue weighted by atomic mass is 32.3. The number of anilines is 1. The van der Waals surface area contributed by atoms with E-state index in [2.05, 4.69) is 21.2 Å². The summed E-state index contributed by atoms with van der Waals surface area (Å²) in [6, 6.07) is 0. The standard InChI is InChI=1S/C22H33N5O2S2/c1-2-3-11-18-26-20-21(16-9-4-5-10-17(16)25-22(20)23)27(18)14-7-6-13-24-31(28,29)19-12-8-15-30-19/h8,15,19,24H,2-7,9-14H2,1H3,(H2,23,25). The molecule has 4 rings (SSSR count). The largest absolute Gasteiger partial charge is 0.382 e. The number of aromatic nitrogens is 3. The maximum atomic E-state index is 12.4. The average Bonchev–Trinajstić information content (AvgIpc) is 3.42. The molecule has 0 amide bonds. The Bertz CT molecular complexity index is 1050. The Kier molecular flexibility index (Phi) is 7.23. The lowest BCUT2D eigenvalue weighted by molar-refractivity contribution is 0.558. The van der Waals surface area contributed by atoms with Crippen molar-refractivity contribution in [3.63, 3.8) is 0 Å². The molecule has 170 valence electrons. The molecule has 3 heterocycles. The molecule has 3 N–H and O–H groups in total. The number of pyridine rings is 1. The van der Waals surface area contributed by atoms with Gasteiger partial charge in [-0.2, -0.15) is 0 Å². The third kappa shape index (κ3) is 4.93. The molecule has 2 aromatic rings. The van der Waals surface area contributed by atoms with Crippen LogP contribution in [0.4, 0.5) is 5.82 Å². The number of fused-ring (bicyclic) bond motifs is 3. The van der Waals surface area contributed by atoms with Crippen LogP contribution in [-0.2, 0) is 35.8 Å². The fourth-order valence-electron chi connectivity index (χ4n) is 4.48. The molecule has 1 aliphatic heterocycles. The Balaban J connectivity index is 1.48. The van der Waals surface area contributed by atoms with Crippen LogP contribution < -0.4 is 10.5 Å². The van der Waals surface area contributed by atoms with E-state index < -0.39 is 10.0 Å². The lowest BCUT2D eigenvalue weighted by Gasteiger charge is -2.18. The van der Waals surface area contributed by atoms with Crippen LogP contribution in [-0.4, -0.2) is 34.1 Å². The van der Waals surface area contributed by atoms with Crippen molar-refractivity contribution < 1.29 is 8.42 Å². The van der Waals surface area contributed by atoms with Crippen LogP contribution in [0.25, 0.3) is 11.0 Å². The minimum absolute atomic E-state index is 0.382. The number of sulfonamides is 1. The summed E-state index contributed by atoms with van der Waals surface area (Å²) < 4.78 is 29.5. The number of nitrogens with two attached hydrogens (primary N) is 1. The minimum Gasteiger partial charge on any atom is -0.382 e. The Morgan fingerprint density at radius 3 is 2.84 bits per heavy atom. The first-order valence-corrected chi connectivity index (χ1v) is 14.0. The molecule has 0 saturated heterocycles. The molecule has 1 atom stereocenters. The number of hydrogen-bond acceptors (Lipinski definition) is 6. The SMILES string of the molecule is CCCCc1nc2c(N)nc3c(c2n1CCCCNS(=O)(=O)C1CC=CS1)CCCC3. The summed E-state index contributed by atoms with van der Waals surface area (Å²) in [6.07, 6.45) is 11.7. The van der Waals surface area contributed by atoms with Crippen molar-refractivity contribution in [2.45, 2.75) is 82.3 Å². The zero-order chi connectivity index (χ0) is 21.8. The normalized spacial score (nSPS) is 18.7. The molecule has 1 aliphatic carbocycles. The van der Waals surface area contributed by atoms with Gasteiger partial charge in [-0.3, -0.25) is 0 Å². The molecule has 0 saturated carbocycles. The van der Waals surface area contributed by atoms with Crippen LogP contribution in [0, 0.1) is 0 Å². The van der Waals surface area contributed by atoms with E-state index in [1.54, 1.807) is 0 Å². The van der Waals surface area contributed by atoms with Crippen molar-refractivity contribution >= 4 is 38.6 Å². The quantitative estimate of drug-likeness (QED) is 0.518. The Morgan fingerprint density at radius 1 is 1.23 bits per heavy atom. The maximum Gasteiger partial charge on any atom is 0.224 e. The highest BCUT2D eigenvalue weighted by molar-refractivity contribution is 8.14. The topological polar surface area (TPSA) is 103 Å². The van der Waals surface area contributed by atoms with Crippen molar-refractivity contribution in [1.29, 1.82) is 0 Å². The molecule has 0 radical (unpaired) electrons. The number of hydrogen-bond donors (Lipinski definition) is 2. The second-order valence-corrected chi connectivity index (χ2v) is 11.8. The van der Waals surface area contributed by atoms with E-state index in [0.29, 0.717) is 18.8 Å². The summed E-state index contributed by atoms with van der Waals surface area (Å²) in [5, 5.41) is 1.87. The van der Waals surface area contributed by atoms with E-state index >= 15 is 0 Å². The molecule has 2 aliphatic rings. The average molecular weight is 464 g/mol. The van der Waals surface area contributed by atoms with E-state index in [1.807, 2.05) is 11.5 Å². The minimum atomic E-state index is -3.26. The van der Waals surface area contributed by atoms with Gasteiger partial charge in [-0.15, -0.1) is 11.8 Å². The van der Waals surface area contributed by atoms with Crippen molar-refractivity contribution in [3.8, 4) is 0 Å². The summed E-state index contributed by atoms with van der Waals surface area (Å²) in [5.74, 6) is 1.63. The molecule has 2 aromatic heterocycles. The summed E-state index contributed by atoms with van der Waals surface area (Å²) in [5.41, 5.74) is 10.8. The summed E-state index contributed by atoms with van der Waals surface area (Å²) in [4.78, 5) is 9.57. The molecule has 0 fully saturated rings. The van der Waals surface area contributed by atoms with Gasteiger partial charge in [-0.1, -0.05) is 19.4 Å². The van der Waals surface area contributed by atoms with Crippen molar-refractivity contribution in [2.24, 2.45) is 0 Å². The molecule has 1 unspecified atom stereocenters. The molecule has 0 bridgehead atoms. The fourth-order valence-corrected chi connectivity index (χ4v) is 7.06. The number of thioether (sulfide) groups is 1. The van der Waals surface area contributed by atoms with Crippen LogP contribution in [0.3, 0.4) is 0 Å². The van der Waals surface area contributed by atoms with Gasteiger partial charge >= 0.3 is 0 Å².